The van der Waals surface area contributed by atoms with Gasteiger partial charge in [0.15, 0.2) is 11.5 Å². The summed E-state index contributed by atoms with van der Waals surface area (Å²) in [6, 6.07) is 6.30. The number of halogens is 1. The van der Waals surface area contributed by atoms with Crippen LogP contribution in [0.3, 0.4) is 0 Å². The lowest BCUT2D eigenvalue weighted by molar-refractivity contribution is -0.136. The van der Waals surface area contributed by atoms with Crippen LogP contribution in [0.1, 0.15) is 43.7 Å². The second kappa shape index (κ2) is 7.19. The van der Waals surface area contributed by atoms with Crippen molar-refractivity contribution < 1.29 is 14.3 Å². The number of hydrogen-bond acceptors (Lipinski definition) is 4. The molecule has 24 heavy (non-hydrogen) atoms. The number of likely N-dealkylation sites (tertiary alicyclic amines) is 1. The van der Waals surface area contributed by atoms with E-state index < -0.39 is 0 Å². The Kier molecular flexibility index (Phi) is 5.21. The molecule has 1 aliphatic carbocycles. The molecule has 1 amide bonds. The fourth-order valence-corrected chi connectivity index (χ4v) is 4.19. The Balaban J connectivity index is 0.00000169. The topological polar surface area (TPSA) is 64.8 Å². The molecule has 1 saturated carbocycles. The van der Waals surface area contributed by atoms with Crippen molar-refractivity contribution in [2.45, 2.75) is 44.2 Å². The molecule has 2 heterocycles. The second-order valence-electron chi connectivity index (χ2n) is 6.83. The van der Waals surface area contributed by atoms with Crippen molar-refractivity contribution in [3.05, 3.63) is 23.8 Å². The summed E-state index contributed by atoms with van der Waals surface area (Å²) in [5.41, 5.74) is 7.08. The van der Waals surface area contributed by atoms with E-state index in [-0.39, 0.29) is 36.3 Å². The van der Waals surface area contributed by atoms with Crippen molar-refractivity contribution >= 4 is 18.3 Å². The number of carbonyl (C=O) groups excluding carboxylic acids is 1. The van der Waals surface area contributed by atoms with Crippen molar-refractivity contribution in [3.8, 4) is 11.5 Å². The zero-order valence-corrected chi connectivity index (χ0v) is 14.6. The van der Waals surface area contributed by atoms with Gasteiger partial charge in [-0.25, -0.2) is 0 Å². The van der Waals surface area contributed by atoms with Gasteiger partial charge in [-0.3, -0.25) is 4.79 Å². The Hall–Kier alpha value is -1.46. The summed E-state index contributed by atoms with van der Waals surface area (Å²) in [7, 11) is 0. The summed E-state index contributed by atoms with van der Waals surface area (Å²) < 4.78 is 11.5. The third-order valence-electron chi connectivity index (χ3n) is 5.31. The molecule has 1 aromatic carbocycles. The highest BCUT2D eigenvalue weighted by Crippen LogP contribution is 2.43. The average molecular weight is 353 g/mol. The number of benzene rings is 1. The zero-order chi connectivity index (χ0) is 15.8. The molecule has 132 valence electrons. The van der Waals surface area contributed by atoms with Crippen LogP contribution in [-0.4, -0.2) is 36.6 Å². The minimum Gasteiger partial charge on any atom is -0.486 e. The van der Waals surface area contributed by atoms with E-state index >= 15 is 0 Å². The van der Waals surface area contributed by atoms with Crippen LogP contribution in [0.25, 0.3) is 0 Å². The summed E-state index contributed by atoms with van der Waals surface area (Å²) in [6.07, 6.45) is 4.75. The van der Waals surface area contributed by atoms with Gasteiger partial charge in [0.2, 0.25) is 5.91 Å². The maximum absolute atomic E-state index is 12.9. The van der Waals surface area contributed by atoms with E-state index in [9.17, 15) is 4.79 Å². The van der Waals surface area contributed by atoms with Crippen LogP contribution in [0.2, 0.25) is 0 Å². The predicted octanol–water partition coefficient (Wildman–Crippen LogP) is 2.67. The van der Waals surface area contributed by atoms with Crippen LogP contribution in [0.5, 0.6) is 11.5 Å². The molecule has 0 aromatic heterocycles. The largest absolute Gasteiger partial charge is 0.486 e. The van der Waals surface area contributed by atoms with Crippen molar-refractivity contribution in [3.63, 3.8) is 0 Å². The molecule has 4 rings (SSSR count). The second-order valence-corrected chi connectivity index (χ2v) is 6.83. The molecule has 3 atom stereocenters. The standard InChI is InChI=1S/C18H24N2O3.ClH/c19-13-7-6-12(11-13)18(21)20-8-2-4-15(20)14-3-1-5-16-17(14)23-10-9-22-16;/h1,3,5,12-13,15H,2,4,6-11,19H2;1H. The van der Waals surface area contributed by atoms with Crippen molar-refractivity contribution in [2.75, 3.05) is 19.8 Å². The van der Waals surface area contributed by atoms with E-state index in [0.717, 1.165) is 55.7 Å². The maximum atomic E-state index is 12.9. The lowest BCUT2D eigenvalue weighted by Crippen LogP contribution is -2.35. The number of para-hydroxylation sites is 1. The number of rotatable bonds is 2. The lowest BCUT2D eigenvalue weighted by atomic mass is 10.00. The molecule has 6 heteroatoms. The van der Waals surface area contributed by atoms with Gasteiger partial charge in [-0.2, -0.15) is 0 Å². The fraction of sp³-hybridized carbons (Fsp3) is 0.611. The molecular formula is C18H25ClN2O3. The Bertz CT molecular complexity index is 610. The number of nitrogens with zero attached hydrogens (tertiary/aromatic N) is 1. The van der Waals surface area contributed by atoms with Gasteiger partial charge in [-0.1, -0.05) is 12.1 Å². The highest BCUT2D eigenvalue weighted by molar-refractivity contribution is 5.85. The number of nitrogens with two attached hydrogens (primary N) is 1. The minimum absolute atomic E-state index is 0. The summed E-state index contributed by atoms with van der Waals surface area (Å²) in [5.74, 6) is 2.00. The van der Waals surface area contributed by atoms with Gasteiger partial charge in [0.05, 0.1) is 6.04 Å². The third-order valence-corrected chi connectivity index (χ3v) is 5.31. The Labute approximate surface area is 148 Å². The Morgan fingerprint density at radius 3 is 2.79 bits per heavy atom. The quantitative estimate of drug-likeness (QED) is 0.888. The van der Waals surface area contributed by atoms with E-state index in [0.29, 0.717) is 13.2 Å². The number of carbonyl (C=O) groups is 1. The van der Waals surface area contributed by atoms with Gasteiger partial charge in [0.1, 0.15) is 13.2 Å². The number of hydrogen-bond donors (Lipinski definition) is 1. The van der Waals surface area contributed by atoms with E-state index in [1.165, 1.54) is 0 Å². The molecule has 1 saturated heterocycles. The van der Waals surface area contributed by atoms with Crippen molar-refractivity contribution in [1.29, 1.82) is 0 Å². The number of amides is 1. The lowest BCUT2D eigenvalue weighted by Gasteiger charge is -2.30. The first-order chi connectivity index (χ1) is 11.2. The van der Waals surface area contributed by atoms with E-state index in [2.05, 4.69) is 11.0 Å². The number of ether oxygens (including phenoxy) is 2. The molecule has 2 aliphatic heterocycles. The number of fused-ring (bicyclic) bond motifs is 1. The normalized spacial score (nSPS) is 28.5. The van der Waals surface area contributed by atoms with Crippen LogP contribution in [0.4, 0.5) is 0 Å². The molecule has 0 bridgehead atoms. The Morgan fingerprint density at radius 1 is 1.17 bits per heavy atom. The minimum atomic E-state index is 0. The summed E-state index contributed by atoms with van der Waals surface area (Å²) in [4.78, 5) is 15.0. The SMILES string of the molecule is Cl.NC1CCC(C(=O)N2CCCC2c2cccc3c2OCCO3)C1. The molecule has 5 nitrogen and oxygen atoms in total. The summed E-state index contributed by atoms with van der Waals surface area (Å²) in [5, 5.41) is 0. The first-order valence-electron chi connectivity index (χ1n) is 8.68. The Morgan fingerprint density at radius 2 is 2.00 bits per heavy atom. The van der Waals surface area contributed by atoms with E-state index in [4.69, 9.17) is 15.2 Å². The van der Waals surface area contributed by atoms with Crippen LogP contribution in [0.15, 0.2) is 18.2 Å². The van der Waals surface area contributed by atoms with E-state index in [1.807, 2.05) is 12.1 Å². The first kappa shape index (κ1) is 17.4. The monoisotopic (exact) mass is 352 g/mol. The average Bonchev–Trinajstić information content (AvgIpc) is 3.22. The molecule has 2 fully saturated rings. The molecule has 0 spiro atoms. The smallest absolute Gasteiger partial charge is 0.226 e. The molecule has 3 aliphatic rings. The van der Waals surface area contributed by atoms with Gasteiger partial charge < -0.3 is 20.1 Å². The van der Waals surface area contributed by atoms with Crippen LogP contribution >= 0.6 is 12.4 Å². The van der Waals surface area contributed by atoms with Crippen LogP contribution in [-0.2, 0) is 4.79 Å². The summed E-state index contributed by atoms with van der Waals surface area (Å²) >= 11 is 0. The van der Waals surface area contributed by atoms with Gasteiger partial charge in [0, 0.05) is 24.1 Å². The van der Waals surface area contributed by atoms with Gasteiger partial charge >= 0.3 is 0 Å². The molecular weight excluding hydrogens is 328 g/mol. The zero-order valence-electron chi connectivity index (χ0n) is 13.8. The van der Waals surface area contributed by atoms with Crippen LogP contribution < -0.4 is 15.2 Å². The van der Waals surface area contributed by atoms with Crippen molar-refractivity contribution in [2.24, 2.45) is 11.7 Å². The molecule has 2 N–H and O–H groups in total. The molecule has 0 radical (unpaired) electrons. The van der Waals surface area contributed by atoms with Gasteiger partial charge in [-0.05, 0) is 38.2 Å². The molecule has 1 aromatic rings. The van der Waals surface area contributed by atoms with E-state index in [1.54, 1.807) is 0 Å². The summed E-state index contributed by atoms with van der Waals surface area (Å²) in [6.45, 7) is 1.99. The van der Waals surface area contributed by atoms with Crippen LogP contribution in [0, 0.1) is 5.92 Å². The predicted molar refractivity (Wildman–Crippen MR) is 93.7 cm³/mol. The third kappa shape index (κ3) is 3.07. The first-order valence-corrected chi connectivity index (χ1v) is 8.68. The van der Waals surface area contributed by atoms with Gasteiger partial charge in [0.25, 0.3) is 0 Å². The van der Waals surface area contributed by atoms with Gasteiger partial charge in [-0.15, -0.1) is 12.4 Å². The highest BCUT2D eigenvalue weighted by atomic mass is 35.5. The molecule has 3 unspecified atom stereocenters. The fourth-order valence-electron chi connectivity index (χ4n) is 4.19. The highest BCUT2D eigenvalue weighted by Gasteiger charge is 2.38. The van der Waals surface area contributed by atoms with Crippen molar-refractivity contribution in [1.82, 2.24) is 4.90 Å². The maximum Gasteiger partial charge on any atom is 0.226 e.